The van der Waals surface area contributed by atoms with Gasteiger partial charge in [-0.1, -0.05) is 41.5 Å². The molecule has 72 heavy (non-hydrogen) atoms. The molecule has 4 aliphatic carbocycles. The molecule has 378 valence electrons. The van der Waals surface area contributed by atoms with E-state index in [1.807, 2.05) is 48.4 Å². The molecule has 4 amide bonds. The summed E-state index contributed by atoms with van der Waals surface area (Å²) >= 11 is 0. The van der Waals surface area contributed by atoms with E-state index in [0.717, 1.165) is 110 Å². The van der Waals surface area contributed by atoms with E-state index in [-0.39, 0.29) is 45.6 Å². The molecular weight excluding hydrogens is 909 g/mol. The Kier molecular flexibility index (Phi) is 11.7. The molecule has 4 fully saturated rings. The van der Waals surface area contributed by atoms with Crippen LogP contribution in [0.5, 0.6) is 0 Å². The molecule has 4 aromatic heterocycles. The van der Waals surface area contributed by atoms with Gasteiger partial charge in [-0.2, -0.15) is 0 Å². The molecule has 11 rings (SSSR count). The number of carbonyl (C=O) groups excluding carboxylic acids is 4. The highest BCUT2D eigenvalue weighted by molar-refractivity contribution is 5.90. The molecule has 6 heterocycles. The average molecular weight is 977 g/mol. The van der Waals surface area contributed by atoms with Crippen LogP contribution < -0.4 is 10.6 Å². The molecule has 16 heteroatoms. The lowest BCUT2D eigenvalue weighted by atomic mass is 9.73. The Balaban J connectivity index is 0.928. The van der Waals surface area contributed by atoms with Gasteiger partial charge in [0.2, 0.25) is 11.8 Å². The molecular formula is C56H68N10O6. The first kappa shape index (κ1) is 47.7. The van der Waals surface area contributed by atoms with Crippen LogP contribution in [0.1, 0.15) is 152 Å². The molecule has 4 atom stereocenters. The van der Waals surface area contributed by atoms with Crippen LogP contribution in [0, 0.1) is 10.8 Å². The van der Waals surface area contributed by atoms with E-state index in [2.05, 4.69) is 72.6 Å². The van der Waals surface area contributed by atoms with Crippen molar-refractivity contribution in [1.82, 2.24) is 50.3 Å². The average Bonchev–Trinajstić information content (AvgIpc) is 3.77. The molecule has 0 bridgehead atoms. The summed E-state index contributed by atoms with van der Waals surface area (Å²) in [5.74, 6) is 1.24. The molecule has 1 unspecified atom stereocenters. The van der Waals surface area contributed by atoms with E-state index >= 15 is 0 Å². The van der Waals surface area contributed by atoms with Crippen LogP contribution in [0.3, 0.4) is 0 Å². The van der Waals surface area contributed by atoms with E-state index in [1.165, 1.54) is 47.6 Å². The minimum Gasteiger partial charge on any atom is -0.453 e. The number of ether oxygens (including phenoxy) is 2. The minimum absolute atomic E-state index is 0.0922. The molecule has 1 aromatic carbocycles. The Morgan fingerprint density at radius 3 is 1.40 bits per heavy atom. The van der Waals surface area contributed by atoms with Crippen LogP contribution in [-0.4, -0.2) is 103 Å². The van der Waals surface area contributed by atoms with Gasteiger partial charge in [-0.3, -0.25) is 19.6 Å². The second kappa shape index (κ2) is 17.6. The van der Waals surface area contributed by atoms with Gasteiger partial charge in [-0.05, 0) is 167 Å². The van der Waals surface area contributed by atoms with Crippen molar-refractivity contribution in [3.8, 4) is 45.0 Å². The Hall–Kier alpha value is -6.58. The normalized spacial score (nSPS) is 22.1. The Labute approximate surface area is 421 Å². The number of fused-ring (bicyclic) bond motifs is 2. The Morgan fingerprint density at radius 1 is 0.639 bits per heavy atom. The van der Waals surface area contributed by atoms with Crippen molar-refractivity contribution in [2.75, 3.05) is 27.3 Å². The summed E-state index contributed by atoms with van der Waals surface area (Å²) in [5.41, 5.74) is 13.6. The third-order valence-electron chi connectivity index (χ3n) is 17.4. The molecule has 6 aliphatic rings. The fourth-order valence-electron chi connectivity index (χ4n) is 13.0. The van der Waals surface area contributed by atoms with E-state index < -0.39 is 24.3 Å². The van der Waals surface area contributed by atoms with E-state index in [9.17, 15) is 19.2 Å². The van der Waals surface area contributed by atoms with Crippen molar-refractivity contribution in [3.05, 3.63) is 83.0 Å². The lowest BCUT2D eigenvalue weighted by Gasteiger charge is -2.30. The smallest absolute Gasteiger partial charge is 0.407 e. The van der Waals surface area contributed by atoms with Crippen molar-refractivity contribution in [2.45, 2.75) is 154 Å². The highest BCUT2D eigenvalue weighted by Gasteiger charge is 2.56. The highest BCUT2D eigenvalue weighted by atomic mass is 16.5. The predicted molar refractivity (Wildman–Crippen MR) is 271 cm³/mol. The number of nitrogens with zero attached hydrogens (tertiary/aromatic N) is 6. The summed E-state index contributed by atoms with van der Waals surface area (Å²) in [4.78, 5) is 83.1. The minimum atomic E-state index is -0.682. The zero-order valence-electron chi connectivity index (χ0n) is 43.0. The number of aromatic nitrogens is 6. The maximum Gasteiger partial charge on any atom is 0.407 e. The third kappa shape index (κ3) is 8.22. The molecule has 2 saturated heterocycles. The van der Waals surface area contributed by atoms with Crippen LogP contribution in [0.25, 0.3) is 45.0 Å². The van der Waals surface area contributed by atoms with Crippen LogP contribution in [0.4, 0.5) is 9.59 Å². The number of methoxy groups -OCH3 is 2. The summed E-state index contributed by atoms with van der Waals surface area (Å²) in [6.45, 7) is 14.6. The second-order valence-corrected chi connectivity index (χ2v) is 23.0. The van der Waals surface area contributed by atoms with E-state index in [1.54, 1.807) is 0 Å². The van der Waals surface area contributed by atoms with Crippen molar-refractivity contribution in [3.63, 3.8) is 0 Å². The van der Waals surface area contributed by atoms with Crippen molar-refractivity contribution in [1.29, 1.82) is 0 Å². The topological polar surface area (TPSA) is 200 Å². The Morgan fingerprint density at radius 2 is 1.04 bits per heavy atom. The van der Waals surface area contributed by atoms with Crippen molar-refractivity contribution >= 4 is 24.0 Å². The van der Waals surface area contributed by atoms with Gasteiger partial charge in [-0.25, -0.2) is 19.6 Å². The zero-order chi connectivity index (χ0) is 50.5. The second-order valence-electron chi connectivity index (χ2n) is 23.0. The van der Waals surface area contributed by atoms with Crippen molar-refractivity contribution < 1.29 is 28.7 Å². The molecule has 0 radical (unpaired) electrons. The number of pyridine rings is 2. The number of H-pyrrole nitrogens is 2. The maximum absolute atomic E-state index is 14.0. The van der Waals surface area contributed by atoms with Gasteiger partial charge in [0.25, 0.3) is 0 Å². The first-order valence-corrected chi connectivity index (χ1v) is 26.1. The number of rotatable bonds is 12. The molecule has 2 aliphatic heterocycles. The zero-order valence-corrected chi connectivity index (χ0v) is 43.0. The van der Waals surface area contributed by atoms with Gasteiger partial charge < -0.3 is 39.9 Å². The number of imidazole rings is 2. The highest BCUT2D eigenvalue weighted by Crippen LogP contribution is 2.60. The number of benzene rings is 1. The number of hydrogen-bond acceptors (Lipinski definition) is 10. The summed E-state index contributed by atoms with van der Waals surface area (Å²) in [6.07, 6.45) is 17.1. The van der Waals surface area contributed by atoms with Gasteiger partial charge in [0.1, 0.15) is 23.7 Å². The van der Waals surface area contributed by atoms with Gasteiger partial charge in [0.05, 0.1) is 61.5 Å². The molecule has 2 saturated carbocycles. The fourth-order valence-corrected chi connectivity index (χ4v) is 13.0. The molecule has 4 N–H and O–H groups in total. The summed E-state index contributed by atoms with van der Waals surface area (Å²) in [7, 11) is 2.62. The number of carbonyl (C=O) groups is 4. The van der Waals surface area contributed by atoms with Gasteiger partial charge in [-0.15, -0.1) is 0 Å². The molecule has 2 spiro atoms. The SMILES string of the molecule is CCC(NC(=O)OC)C(=O)N1CC2(CC2)C[C@H]1c1ncc(-c2cc(-c3c4c(c(-c5ccnc(-c6cnc([C@@H]7CC8(CC8)CN7C(=O)[C@@H](CC)NC(=O)OC)[nH]6)c5)c5c3C(C)(C)CC5)C(C)(C)CC4)ccn2)[nH]1. The number of alkyl carbamates (subject to hydrolysis) is 2. The summed E-state index contributed by atoms with van der Waals surface area (Å²) < 4.78 is 9.69. The van der Waals surface area contributed by atoms with E-state index in [0.29, 0.717) is 25.9 Å². The van der Waals surface area contributed by atoms with Crippen LogP contribution in [-0.2, 0) is 42.7 Å². The largest absolute Gasteiger partial charge is 0.453 e. The van der Waals surface area contributed by atoms with Gasteiger partial charge in [0.15, 0.2) is 0 Å². The fraction of sp³-hybridized carbons (Fsp3) is 0.536. The quantitative estimate of drug-likeness (QED) is 0.0934. The summed E-state index contributed by atoms with van der Waals surface area (Å²) in [6, 6.07) is 6.90. The monoisotopic (exact) mass is 977 g/mol. The first-order chi connectivity index (χ1) is 34.5. The third-order valence-corrected chi connectivity index (χ3v) is 17.4. The van der Waals surface area contributed by atoms with Gasteiger partial charge >= 0.3 is 12.2 Å². The standard InChI is InChI=1S/C56H68N10O6/c1-9-35(63-51(69)71-7)49(67)65-29-55(17-18-55)25-41(65)47-59-27-39(61-47)37-23-31(13-21-57-37)43-33-11-15-54(5,6)46(33)44(34-12-16-53(3,4)45(34)43)32-14-22-58-38(24-32)40-28-60-48(62-40)42-26-56(19-20-56)30-66(42)50(68)36(10-2)64-52(70)72-8/h13-14,21-24,27-28,35-36,41-42H,9-12,15-20,25-26,29-30H2,1-8H3,(H,59,61)(H,60,62)(H,63,69)(H,64,70)/t35-,36?,41+,42+/m1/s1. The number of hydrogen-bond donors (Lipinski definition) is 4. The predicted octanol–water partition coefficient (Wildman–Crippen LogP) is 9.41. The summed E-state index contributed by atoms with van der Waals surface area (Å²) in [5, 5.41) is 5.48. The van der Waals surface area contributed by atoms with Crippen LogP contribution >= 0.6 is 0 Å². The Bertz CT molecular complexity index is 2800. The lowest BCUT2D eigenvalue weighted by molar-refractivity contribution is -0.135. The number of nitrogens with one attached hydrogen (secondary N) is 4. The first-order valence-electron chi connectivity index (χ1n) is 26.1. The number of likely N-dealkylation sites (tertiary alicyclic amines) is 2. The number of amides is 4. The van der Waals surface area contributed by atoms with Gasteiger partial charge in [0, 0.05) is 25.5 Å². The van der Waals surface area contributed by atoms with Crippen LogP contribution in [0.15, 0.2) is 49.1 Å². The van der Waals surface area contributed by atoms with Crippen LogP contribution in [0.2, 0.25) is 0 Å². The van der Waals surface area contributed by atoms with Crippen molar-refractivity contribution in [2.24, 2.45) is 10.8 Å². The maximum atomic E-state index is 14.0. The molecule has 16 nitrogen and oxygen atoms in total. The van der Waals surface area contributed by atoms with E-state index in [4.69, 9.17) is 29.4 Å². The molecule has 5 aromatic rings. The lowest BCUT2D eigenvalue weighted by Crippen LogP contribution is -2.48. The number of aromatic amines is 2.